The summed E-state index contributed by atoms with van der Waals surface area (Å²) in [4.78, 5) is 32.1. The molecule has 4 aromatic rings. The van der Waals surface area contributed by atoms with E-state index in [1.807, 2.05) is 24.3 Å². The van der Waals surface area contributed by atoms with Crippen LogP contribution in [0.2, 0.25) is 0 Å². The molecule has 3 aliphatic rings. The molecule has 7 rings (SSSR count). The van der Waals surface area contributed by atoms with E-state index in [9.17, 15) is 9.90 Å². The van der Waals surface area contributed by atoms with Gasteiger partial charge in [-0.15, -0.1) is 6.58 Å². The molecule has 0 radical (unpaired) electrons. The zero-order valence-electron chi connectivity index (χ0n) is 22.8. The van der Waals surface area contributed by atoms with Crippen LogP contribution in [0.25, 0.3) is 16.9 Å². The number of allylic oxidation sites excluding steroid dienone is 1. The van der Waals surface area contributed by atoms with Crippen molar-refractivity contribution >= 4 is 28.4 Å². The molecule has 5 heterocycles. The third kappa shape index (κ3) is 4.18. The highest BCUT2D eigenvalue weighted by Gasteiger charge is 2.43. The van der Waals surface area contributed by atoms with Crippen LogP contribution < -0.4 is 15.8 Å². The van der Waals surface area contributed by atoms with Gasteiger partial charge in [0.1, 0.15) is 5.39 Å². The van der Waals surface area contributed by atoms with Crippen LogP contribution in [-0.4, -0.2) is 67.5 Å². The molecule has 1 atom stereocenters. The molecule has 10 nitrogen and oxygen atoms in total. The van der Waals surface area contributed by atoms with E-state index in [0.717, 1.165) is 30.8 Å². The molecule has 2 aliphatic heterocycles. The molecule has 1 aromatic carbocycles. The number of benzene rings is 1. The van der Waals surface area contributed by atoms with E-state index >= 15 is 0 Å². The predicted octanol–water partition coefficient (Wildman–Crippen LogP) is 3.42. The molecule has 1 spiro atoms. The maximum absolute atomic E-state index is 13.3. The van der Waals surface area contributed by atoms with Gasteiger partial charge in [0.2, 0.25) is 5.95 Å². The van der Waals surface area contributed by atoms with Crippen molar-refractivity contribution in [1.82, 2.24) is 29.2 Å². The van der Waals surface area contributed by atoms with Crippen LogP contribution in [0, 0.1) is 5.41 Å². The van der Waals surface area contributed by atoms with Gasteiger partial charge in [0.05, 0.1) is 18.3 Å². The quantitative estimate of drug-likeness (QED) is 0.360. The lowest BCUT2D eigenvalue weighted by atomic mass is 9.72. The molecule has 0 amide bonds. The summed E-state index contributed by atoms with van der Waals surface area (Å²) in [5, 5.41) is 14.1. The SMILES string of the molecule is C=CCn1c(=O)c2cnc(Nc3ccc(N4CCC5(CC4)CN(C)C5)cc3)nc2n1-c1ccc2c(n1)C(O)CC2. The maximum Gasteiger partial charge on any atom is 0.278 e. The first-order valence-electron chi connectivity index (χ1n) is 14.0. The van der Waals surface area contributed by atoms with Crippen molar-refractivity contribution in [3.63, 3.8) is 0 Å². The first kappa shape index (κ1) is 25.0. The lowest BCUT2D eigenvalue weighted by Gasteiger charge is -2.53. The van der Waals surface area contributed by atoms with E-state index in [-0.39, 0.29) is 12.1 Å². The molecule has 0 saturated carbocycles. The van der Waals surface area contributed by atoms with Crippen molar-refractivity contribution in [2.24, 2.45) is 5.41 Å². The van der Waals surface area contributed by atoms with Gasteiger partial charge in [0.25, 0.3) is 5.56 Å². The normalized spacial score (nSPS) is 20.1. The summed E-state index contributed by atoms with van der Waals surface area (Å²) < 4.78 is 3.25. The van der Waals surface area contributed by atoms with Gasteiger partial charge < -0.3 is 20.2 Å². The maximum atomic E-state index is 13.3. The standard InChI is InChI=1S/C30H34N8O2/c1-3-14-37-28(40)23-17-31-29(34-27(23)38(37)25-11-5-20-4-10-24(39)26(20)33-25)32-21-6-8-22(9-7-21)36-15-12-30(13-16-36)18-35(2)19-30/h3,5-9,11,17,24,39H,1,4,10,12-16,18-19H2,2H3,(H,31,32,34). The lowest BCUT2D eigenvalue weighted by molar-refractivity contribution is 0.00132. The summed E-state index contributed by atoms with van der Waals surface area (Å²) in [6, 6.07) is 12.2. The average Bonchev–Trinajstić information content (AvgIpc) is 3.45. The monoisotopic (exact) mass is 538 g/mol. The Morgan fingerprint density at radius 2 is 1.90 bits per heavy atom. The first-order chi connectivity index (χ1) is 19.4. The fourth-order valence-electron chi connectivity index (χ4n) is 6.69. The van der Waals surface area contributed by atoms with Gasteiger partial charge in [0, 0.05) is 43.8 Å². The molecular formula is C30H34N8O2. The van der Waals surface area contributed by atoms with E-state index in [0.29, 0.717) is 40.3 Å². The molecular weight excluding hydrogens is 504 g/mol. The van der Waals surface area contributed by atoms with Gasteiger partial charge >= 0.3 is 0 Å². The van der Waals surface area contributed by atoms with Crippen LogP contribution >= 0.6 is 0 Å². The second kappa shape index (κ2) is 9.57. The van der Waals surface area contributed by atoms with Gasteiger partial charge in [-0.05, 0) is 74.0 Å². The third-order valence-electron chi connectivity index (χ3n) is 8.72. The summed E-state index contributed by atoms with van der Waals surface area (Å²) in [6.45, 7) is 8.74. The van der Waals surface area contributed by atoms with Crippen LogP contribution in [0.3, 0.4) is 0 Å². The average molecular weight is 539 g/mol. The summed E-state index contributed by atoms with van der Waals surface area (Å²) >= 11 is 0. The van der Waals surface area contributed by atoms with Gasteiger partial charge in [-0.3, -0.25) is 4.79 Å². The number of likely N-dealkylation sites (tertiary alicyclic amines) is 1. The van der Waals surface area contributed by atoms with Crippen LogP contribution in [-0.2, 0) is 13.0 Å². The van der Waals surface area contributed by atoms with Gasteiger partial charge in [-0.25, -0.2) is 19.3 Å². The molecule has 2 saturated heterocycles. The number of hydrogen-bond acceptors (Lipinski definition) is 8. The summed E-state index contributed by atoms with van der Waals surface area (Å²) in [6.07, 6.45) is 6.56. The molecule has 206 valence electrons. The van der Waals surface area contributed by atoms with Crippen LogP contribution in [0.15, 0.2) is 60.0 Å². The number of aromatic nitrogens is 5. The topological polar surface area (TPSA) is 104 Å². The minimum absolute atomic E-state index is 0.217. The smallest absolute Gasteiger partial charge is 0.278 e. The van der Waals surface area contributed by atoms with Crippen molar-refractivity contribution in [3.8, 4) is 5.82 Å². The predicted molar refractivity (Wildman–Crippen MR) is 155 cm³/mol. The Morgan fingerprint density at radius 3 is 2.62 bits per heavy atom. The number of aliphatic hydroxyl groups excluding tert-OH is 1. The number of pyridine rings is 1. The molecule has 2 N–H and O–H groups in total. The zero-order chi connectivity index (χ0) is 27.4. The number of piperidine rings is 1. The van der Waals surface area contributed by atoms with E-state index in [1.54, 1.807) is 21.6 Å². The Bertz CT molecular complexity index is 1640. The Balaban J connectivity index is 1.16. The lowest BCUT2D eigenvalue weighted by Crippen LogP contribution is -2.58. The summed E-state index contributed by atoms with van der Waals surface area (Å²) in [5.74, 6) is 0.916. The Labute approximate surface area is 232 Å². The zero-order valence-corrected chi connectivity index (χ0v) is 22.8. The van der Waals surface area contributed by atoms with Crippen LogP contribution in [0.5, 0.6) is 0 Å². The molecule has 1 aliphatic carbocycles. The van der Waals surface area contributed by atoms with Gasteiger partial charge in [-0.1, -0.05) is 12.1 Å². The second-order valence-electron chi connectivity index (χ2n) is 11.5. The molecule has 10 heteroatoms. The number of fused-ring (bicyclic) bond motifs is 2. The first-order valence-corrected chi connectivity index (χ1v) is 14.0. The van der Waals surface area contributed by atoms with Crippen molar-refractivity contribution in [2.45, 2.75) is 38.3 Å². The number of anilines is 3. The fourth-order valence-corrected chi connectivity index (χ4v) is 6.69. The minimum atomic E-state index is -0.600. The number of hydrogen-bond donors (Lipinski definition) is 2. The summed E-state index contributed by atoms with van der Waals surface area (Å²) in [5.41, 5.74) is 4.55. The Hall–Kier alpha value is -4.02. The number of aryl methyl sites for hydroxylation is 1. The fraction of sp³-hybridized carbons (Fsp3) is 0.400. The van der Waals surface area contributed by atoms with Crippen molar-refractivity contribution in [3.05, 3.63) is 76.9 Å². The largest absolute Gasteiger partial charge is 0.387 e. The number of rotatable bonds is 6. The molecule has 3 aromatic heterocycles. The van der Waals surface area contributed by atoms with E-state index < -0.39 is 6.10 Å². The van der Waals surface area contributed by atoms with E-state index in [4.69, 9.17) is 9.97 Å². The van der Waals surface area contributed by atoms with Crippen LogP contribution in [0.4, 0.5) is 17.3 Å². The molecule has 40 heavy (non-hydrogen) atoms. The highest BCUT2D eigenvalue weighted by Crippen LogP contribution is 2.40. The highest BCUT2D eigenvalue weighted by atomic mass is 16.3. The highest BCUT2D eigenvalue weighted by molar-refractivity contribution is 5.77. The van der Waals surface area contributed by atoms with Crippen molar-refractivity contribution in [1.29, 1.82) is 0 Å². The van der Waals surface area contributed by atoms with Crippen molar-refractivity contribution in [2.75, 3.05) is 43.4 Å². The Morgan fingerprint density at radius 1 is 1.12 bits per heavy atom. The van der Waals surface area contributed by atoms with Crippen molar-refractivity contribution < 1.29 is 5.11 Å². The molecule has 2 fully saturated rings. The second-order valence-corrected chi connectivity index (χ2v) is 11.5. The van der Waals surface area contributed by atoms with E-state index in [2.05, 4.69) is 45.9 Å². The van der Waals surface area contributed by atoms with Crippen LogP contribution in [0.1, 0.15) is 36.6 Å². The third-order valence-corrected chi connectivity index (χ3v) is 8.72. The molecule has 1 unspecified atom stereocenters. The Kier molecular flexibility index (Phi) is 5.97. The molecule has 0 bridgehead atoms. The van der Waals surface area contributed by atoms with Gasteiger partial charge in [-0.2, -0.15) is 4.98 Å². The van der Waals surface area contributed by atoms with Gasteiger partial charge in [0.15, 0.2) is 11.5 Å². The van der Waals surface area contributed by atoms with E-state index in [1.165, 1.54) is 31.6 Å². The number of nitrogens with one attached hydrogen (secondary N) is 1. The summed E-state index contributed by atoms with van der Waals surface area (Å²) in [7, 11) is 2.20. The minimum Gasteiger partial charge on any atom is -0.387 e. The number of aliphatic hydroxyl groups is 1. The number of nitrogens with zero attached hydrogens (tertiary/aromatic N) is 7.